The normalized spacial score (nSPS) is 12.1. The smallest absolute Gasteiger partial charge is 0.293 e. The number of hydrogen-bond donors (Lipinski definition) is 0. The molecule has 0 bridgehead atoms. The van der Waals surface area contributed by atoms with Crippen LogP contribution >= 0.6 is 0 Å². The molecule has 0 aliphatic carbocycles. The summed E-state index contributed by atoms with van der Waals surface area (Å²) in [7, 11) is 1.59. The molecule has 0 fully saturated rings. The van der Waals surface area contributed by atoms with Gasteiger partial charge >= 0.3 is 0 Å². The molecular formula is C10H12O3. The van der Waals surface area contributed by atoms with Crippen LogP contribution in [0.5, 0.6) is 0 Å². The second kappa shape index (κ2) is 5.32. The molecule has 3 heteroatoms. The van der Waals surface area contributed by atoms with Crippen LogP contribution in [0.25, 0.3) is 0 Å². The maximum absolute atomic E-state index is 9.98. The molecular weight excluding hydrogens is 168 g/mol. The van der Waals surface area contributed by atoms with E-state index in [0.717, 1.165) is 5.56 Å². The molecule has 0 aliphatic heterocycles. The molecule has 70 valence electrons. The maximum Gasteiger partial charge on any atom is 0.293 e. The van der Waals surface area contributed by atoms with Crippen molar-refractivity contribution in [3.05, 3.63) is 35.9 Å². The van der Waals surface area contributed by atoms with Crippen molar-refractivity contribution in [3.63, 3.8) is 0 Å². The Hall–Kier alpha value is -1.35. The molecule has 1 atom stereocenters. The van der Waals surface area contributed by atoms with E-state index in [4.69, 9.17) is 4.74 Å². The molecule has 0 aliphatic rings. The van der Waals surface area contributed by atoms with E-state index >= 15 is 0 Å². The first kappa shape index (κ1) is 9.74. The number of carbonyl (C=O) groups excluding carboxylic acids is 1. The minimum atomic E-state index is -0.175. The van der Waals surface area contributed by atoms with E-state index in [1.807, 2.05) is 30.3 Å². The predicted octanol–water partition coefficient (Wildman–Crippen LogP) is 1.55. The monoisotopic (exact) mass is 180 g/mol. The van der Waals surface area contributed by atoms with E-state index < -0.39 is 0 Å². The van der Waals surface area contributed by atoms with E-state index in [0.29, 0.717) is 6.47 Å². The second-order valence-electron chi connectivity index (χ2n) is 2.56. The number of benzene rings is 1. The summed E-state index contributed by atoms with van der Waals surface area (Å²) in [5, 5.41) is 0. The van der Waals surface area contributed by atoms with Gasteiger partial charge in [0.15, 0.2) is 0 Å². The zero-order chi connectivity index (χ0) is 9.52. The number of hydrogen-bond acceptors (Lipinski definition) is 3. The van der Waals surface area contributed by atoms with Gasteiger partial charge in [-0.2, -0.15) is 0 Å². The fourth-order valence-electron chi connectivity index (χ4n) is 1.09. The number of carbonyl (C=O) groups is 1. The zero-order valence-corrected chi connectivity index (χ0v) is 7.47. The van der Waals surface area contributed by atoms with Gasteiger partial charge in [-0.15, -0.1) is 0 Å². The second-order valence-corrected chi connectivity index (χ2v) is 2.56. The highest BCUT2D eigenvalue weighted by molar-refractivity contribution is 5.37. The first-order valence-corrected chi connectivity index (χ1v) is 4.01. The van der Waals surface area contributed by atoms with Crippen LogP contribution in [0.2, 0.25) is 0 Å². The molecule has 0 spiro atoms. The molecule has 0 unspecified atom stereocenters. The van der Waals surface area contributed by atoms with Crippen LogP contribution < -0.4 is 0 Å². The third-order valence-electron chi connectivity index (χ3n) is 1.77. The largest absolute Gasteiger partial charge is 0.465 e. The van der Waals surface area contributed by atoms with Gasteiger partial charge in [0.05, 0.1) is 0 Å². The van der Waals surface area contributed by atoms with Gasteiger partial charge in [0.2, 0.25) is 0 Å². The molecule has 0 radical (unpaired) electrons. The highest BCUT2D eigenvalue weighted by Gasteiger charge is 2.09. The molecule has 13 heavy (non-hydrogen) atoms. The maximum atomic E-state index is 9.98. The number of ether oxygens (including phenoxy) is 2. The van der Waals surface area contributed by atoms with Crippen LogP contribution in [0.3, 0.4) is 0 Å². The molecule has 0 N–H and O–H groups in total. The molecule has 1 rings (SSSR count). The minimum Gasteiger partial charge on any atom is -0.465 e. The van der Waals surface area contributed by atoms with E-state index in [9.17, 15) is 4.79 Å². The summed E-state index contributed by atoms with van der Waals surface area (Å²) in [6.45, 7) is 0.680. The van der Waals surface area contributed by atoms with E-state index in [1.165, 1.54) is 0 Å². The third-order valence-corrected chi connectivity index (χ3v) is 1.77. The third kappa shape index (κ3) is 2.87. The highest BCUT2D eigenvalue weighted by atomic mass is 16.5. The Kier molecular flexibility index (Phi) is 3.99. The van der Waals surface area contributed by atoms with Gasteiger partial charge in [-0.1, -0.05) is 30.3 Å². The van der Waals surface area contributed by atoms with Gasteiger partial charge in [0.1, 0.15) is 12.7 Å². The lowest BCUT2D eigenvalue weighted by molar-refractivity contribution is -0.132. The van der Waals surface area contributed by atoms with Gasteiger partial charge in [-0.25, -0.2) is 0 Å². The van der Waals surface area contributed by atoms with Crippen LogP contribution in [-0.4, -0.2) is 20.2 Å². The molecule has 0 saturated heterocycles. The van der Waals surface area contributed by atoms with Crippen LogP contribution in [0.4, 0.5) is 0 Å². The van der Waals surface area contributed by atoms with E-state index in [-0.39, 0.29) is 12.7 Å². The number of rotatable bonds is 5. The van der Waals surface area contributed by atoms with Gasteiger partial charge in [0, 0.05) is 7.11 Å². The van der Waals surface area contributed by atoms with Crippen LogP contribution in [-0.2, 0) is 14.3 Å². The standard InChI is InChI=1S/C10H12O3/c1-12-10(7-13-8-11)9-5-3-2-4-6-9/h2-6,8,10H,7H2,1H3/t10-/m1/s1. The molecule has 3 nitrogen and oxygen atoms in total. The Morgan fingerprint density at radius 2 is 2.08 bits per heavy atom. The van der Waals surface area contributed by atoms with Crippen molar-refractivity contribution in [2.45, 2.75) is 6.10 Å². The zero-order valence-electron chi connectivity index (χ0n) is 7.47. The minimum absolute atomic E-state index is 0.175. The Balaban J connectivity index is 2.61. The van der Waals surface area contributed by atoms with Crippen molar-refractivity contribution in [1.82, 2.24) is 0 Å². The van der Waals surface area contributed by atoms with Crippen molar-refractivity contribution in [2.24, 2.45) is 0 Å². The fourth-order valence-corrected chi connectivity index (χ4v) is 1.09. The Labute approximate surface area is 77.3 Å². The Morgan fingerprint density at radius 1 is 1.38 bits per heavy atom. The molecule has 1 aromatic rings. The summed E-state index contributed by atoms with van der Waals surface area (Å²) < 4.78 is 9.79. The molecule has 0 heterocycles. The summed E-state index contributed by atoms with van der Waals surface area (Å²) in [4.78, 5) is 9.98. The summed E-state index contributed by atoms with van der Waals surface area (Å²) in [6, 6.07) is 9.63. The van der Waals surface area contributed by atoms with Crippen molar-refractivity contribution >= 4 is 6.47 Å². The molecule has 0 amide bonds. The van der Waals surface area contributed by atoms with Gasteiger partial charge in [-0.05, 0) is 5.56 Å². The van der Waals surface area contributed by atoms with Crippen molar-refractivity contribution in [3.8, 4) is 0 Å². The number of methoxy groups -OCH3 is 1. The molecule has 1 aromatic carbocycles. The lowest BCUT2D eigenvalue weighted by Crippen LogP contribution is -2.09. The topological polar surface area (TPSA) is 35.5 Å². The quantitative estimate of drug-likeness (QED) is 0.645. The Bertz CT molecular complexity index is 246. The summed E-state index contributed by atoms with van der Waals surface area (Å²) in [6.07, 6.45) is -0.175. The van der Waals surface area contributed by atoms with E-state index in [2.05, 4.69) is 4.74 Å². The molecule has 0 saturated carbocycles. The average molecular weight is 180 g/mol. The van der Waals surface area contributed by atoms with Gasteiger partial charge in [0.25, 0.3) is 6.47 Å². The molecule has 0 aromatic heterocycles. The summed E-state index contributed by atoms with van der Waals surface area (Å²) in [5.74, 6) is 0. The van der Waals surface area contributed by atoms with Crippen molar-refractivity contribution in [2.75, 3.05) is 13.7 Å². The van der Waals surface area contributed by atoms with Gasteiger partial charge in [-0.3, -0.25) is 4.79 Å². The predicted molar refractivity (Wildman–Crippen MR) is 48.2 cm³/mol. The fraction of sp³-hybridized carbons (Fsp3) is 0.300. The first-order chi connectivity index (χ1) is 6.38. The summed E-state index contributed by atoms with van der Waals surface area (Å²) in [5.41, 5.74) is 1.01. The highest BCUT2D eigenvalue weighted by Crippen LogP contribution is 2.15. The van der Waals surface area contributed by atoms with Crippen molar-refractivity contribution in [1.29, 1.82) is 0 Å². The van der Waals surface area contributed by atoms with E-state index in [1.54, 1.807) is 7.11 Å². The first-order valence-electron chi connectivity index (χ1n) is 4.01. The van der Waals surface area contributed by atoms with Crippen LogP contribution in [0.15, 0.2) is 30.3 Å². The summed E-state index contributed by atoms with van der Waals surface area (Å²) >= 11 is 0. The average Bonchev–Trinajstić information content (AvgIpc) is 2.21. The Morgan fingerprint density at radius 3 is 2.62 bits per heavy atom. The lowest BCUT2D eigenvalue weighted by Gasteiger charge is -2.13. The SMILES string of the molecule is CO[C@H](COC=O)c1ccccc1. The van der Waals surface area contributed by atoms with Crippen LogP contribution in [0, 0.1) is 0 Å². The van der Waals surface area contributed by atoms with Gasteiger partial charge < -0.3 is 9.47 Å². The lowest BCUT2D eigenvalue weighted by atomic mass is 10.1. The van der Waals surface area contributed by atoms with Crippen molar-refractivity contribution < 1.29 is 14.3 Å². The van der Waals surface area contributed by atoms with Crippen LogP contribution in [0.1, 0.15) is 11.7 Å².